The second kappa shape index (κ2) is 5.92. The maximum absolute atomic E-state index is 12.4. The van der Waals surface area contributed by atoms with Crippen molar-refractivity contribution >= 4 is 38.3 Å². The average molecular weight is 387 g/mol. The summed E-state index contributed by atoms with van der Waals surface area (Å²) in [5.74, 6) is 0. The van der Waals surface area contributed by atoms with Crippen LogP contribution in [0.15, 0.2) is 53.4 Å². The monoisotopic (exact) mass is 387 g/mol. The highest BCUT2D eigenvalue weighted by Gasteiger charge is 2.17. The van der Waals surface area contributed by atoms with Crippen molar-refractivity contribution in [2.24, 2.45) is 0 Å². The van der Waals surface area contributed by atoms with Crippen molar-refractivity contribution in [3.8, 4) is 0 Å². The maximum atomic E-state index is 12.4. The number of aryl methyl sites for hydroxylation is 1. The largest absolute Gasteiger partial charge is 0.280 e. The van der Waals surface area contributed by atoms with Crippen LogP contribution in [0.25, 0.3) is 0 Å². The molecule has 0 aromatic heterocycles. The molecule has 2 rings (SSSR count). The summed E-state index contributed by atoms with van der Waals surface area (Å²) in [7, 11) is -3.53. The lowest BCUT2D eigenvalue weighted by Crippen LogP contribution is -2.14. The Balaban J connectivity index is 2.39. The molecule has 0 saturated carbocycles. The third-order valence-electron chi connectivity index (χ3n) is 2.72. The van der Waals surface area contributed by atoms with Crippen LogP contribution in [0.2, 0.25) is 0 Å². The average Bonchev–Trinajstić information content (AvgIpc) is 2.39. The lowest BCUT2D eigenvalue weighted by atomic mass is 10.2. The molecule has 0 unspecified atom stereocenters. The molecule has 0 amide bonds. The summed E-state index contributed by atoms with van der Waals surface area (Å²) in [6.07, 6.45) is 0. The quantitative estimate of drug-likeness (QED) is 0.642. The van der Waals surface area contributed by atoms with E-state index >= 15 is 0 Å². The van der Waals surface area contributed by atoms with Gasteiger partial charge in [-0.1, -0.05) is 52.9 Å². The number of anilines is 1. The molecule has 0 bridgehead atoms. The van der Waals surface area contributed by atoms with E-state index in [2.05, 4.69) is 27.3 Å². The van der Waals surface area contributed by atoms with Crippen LogP contribution in [-0.4, -0.2) is 8.42 Å². The van der Waals surface area contributed by atoms with Crippen molar-refractivity contribution in [1.29, 1.82) is 0 Å². The molecule has 0 aliphatic rings. The number of alkyl halides is 1. The summed E-state index contributed by atoms with van der Waals surface area (Å²) >= 11 is 2.22. The van der Waals surface area contributed by atoms with Crippen LogP contribution in [0, 0.1) is 6.92 Å². The van der Waals surface area contributed by atoms with Crippen LogP contribution < -0.4 is 4.72 Å². The van der Waals surface area contributed by atoms with Crippen molar-refractivity contribution in [2.45, 2.75) is 16.2 Å². The molecule has 0 atom stereocenters. The number of hydrogen-bond donors (Lipinski definition) is 1. The summed E-state index contributed by atoms with van der Waals surface area (Å²) in [6, 6.07) is 14.4. The second-order valence-corrected chi connectivity index (χ2v) is 6.62. The van der Waals surface area contributed by atoms with Crippen molar-refractivity contribution in [3.63, 3.8) is 0 Å². The Morgan fingerprint density at radius 2 is 1.79 bits per heavy atom. The predicted octanol–water partition coefficient (Wildman–Crippen LogP) is 3.73. The van der Waals surface area contributed by atoms with Crippen LogP contribution in [0.5, 0.6) is 0 Å². The molecule has 3 nitrogen and oxygen atoms in total. The van der Waals surface area contributed by atoms with Gasteiger partial charge in [0.2, 0.25) is 0 Å². The lowest BCUT2D eigenvalue weighted by Gasteiger charge is -2.11. The van der Waals surface area contributed by atoms with Gasteiger partial charge >= 0.3 is 0 Å². The van der Waals surface area contributed by atoms with E-state index in [1.54, 1.807) is 37.3 Å². The first-order chi connectivity index (χ1) is 9.03. The van der Waals surface area contributed by atoms with Crippen molar-refractivity contribution in [3.05, 3.63) is 59.7 Å². The van der Waals surface area contributed by atoms with Crippen molar-refractivity contribution < 1.29 is 8.42 Å². The van der Waals surface area contributed by atoms with Gasteiger partial charge in [0.15, 0.2) is 0 Å². The minimum atomic E-state index is -3.53. The Morgan fingerprint density at radius 3 is 2.42 bits per heavy atom. The first-order valence-electron chi connectivity index (χ1n) is 5.76. The van der Waals surface area contributed by atoms with E-state index in [1.165, 1.54) is 0 Å². The summed E-state index contributed by atoms with van der Waals surface area (Å²) in [5.41, 5.74) is 2.32. The van der Waals surface area contributed by atoms with Gasteiger partial charge in [0, 0.05) is 10.1 Å². The molecule has 0 fully saturated rings. The van der Waals surface area contributed by atoms with Crippen LogP contribution in [0.3, 0.4) is 0 Å². The van der Waals surface area contributed by atoms with E-state index in [0.717, 1.165) is 15.6 Å². The number of rotatable bonds is 4. The molecule has 0 heterocycles. The van der Waals surface area contributed by atoms with E-state index in [4.69, 9.17) is 0 Å². The number of sulfonamides is 1. The number of halogens is 1. The molecule has 0 aliphatic carbocycles. The highest BCUT2D eigenvalue weighted by Crippen LogP contribution is 2.21. The summed E-state index contributed by atoms with van der Waals surface area (Å²) in [5, 5.41) is 0. The number of hydrogen-bond acceptors (Lipinski definition) is 2. The number of nitrogens with one attached hydrogen (secondary N) is 1. The third kappa shape index (κ3) is 3.48. The zero-order valence-electron chi connectivity index (χ0n) is 10.4. The molecule has 0 spiro atoms. The van der Waals surface area contributed by atoms with Gasteiger partial charge in [0.1, 0.15) is 0 Å². The zero-order chi connectivity index (χ0) is 13.9. The van der Waals surface area contributed by atoms with Crippen LogP contribution in [-0.2, 0) is 14.5 Å². The Labute approximate surface area is 127 Å². The highest BCUT2D eigenvalue weighted by atomic mass is 127. The van der Waals surface area contributed by atoms with Gasteiger partial charge in [-0.3, -0.25) is 4.72 Å². The molecule has 0 radical (unpaired) electrons. The predicted molar refractivity (Wildman–Crippen MR) is 86.2 cm³/mol. The topological polar surface area (TPSA) is 46.2 Å². The smallest absolute Gasteiger partial charge is 0.262 e. The molecule has 0 saturated heterocycles. The molecule has 0 aliphatic heterocycles. The van der Waals surface area contributed by atoms with Gasteiger partial charge in [-0.25, -0.2) is 8.42 Å². The van der Waals surface area contributed by atoms with E-state index in [0.29, 0.717) is 10.6 Å². The SMILES string of the molecule is Cc1ccc(CI)cc1S(=O)(=O)Nc1ccccc1. The zero-order valence-corrected chi connectivity index (χ0v) is 13.4. The minimum Gasteiger partial charge on any atom is -0.280 e. The fourth-order valence-electron chi connectivity index (χ4n) is 1.73. The normalized spacial score (nSPS) is 11.3. The fourth-order valence-corrected chi connectivity index (χ4v) is 3.56. The van der Waals surface area contributed by atoms with Gasteiger partial charge in [-0.05, 0) is 36.2 Å². The Kier molecular flexibility index (Phi) is 4.46. The summed E-state index contributed by atoms with van der Waals surface area (Å²) < 4.78 is 28.1. The molecule has 1 N–H and O–H groups in total. The van der Waals surface area contributed by atoms with Crippen LogP contribution >= 0.6 is 22.6 Å². The van der Waals surface area contributed by atoms with Crippen LogP contribution in [0.1, 0.15) is 11.1 Å². The molecule has 19 heavy (non-hydrogen) atoms. The summed E-state index contributed by atoms with van der Waals surface area (Å²) in [6.45, 7) is 1.80. The Bertz CT molecular complexity index is 669. The first kappa shape index (κ1) is 14.3. The Hall–Kier alpha value is -1.08. The highest BCUT2D eigenvalue weighted by molar-refractivity contribution is 14.1. The standard InChI is InChI=1S/C14H14INO2S/c1-11-7-8-12(10-15)9-14(11)19(17,18)16-13-5-3-2-4-6-13/h2-9,16H,10H2,1H3. The summed E-state index contributed by atoms with van der Waals surface area (Å²) in [4.78, 5) is 0.338. The lowest BCUT2D eigenvalue weighted by molar-refractivity contribution is 0.600. The third-order valence-corrected chi connectivity index (χ3v) is 5.13. The second-order valence-electron chi connectivity index (χ2n) is 4.21. The van der Waals surface area contributed by atoms with Gasteiger partial charge in [0.05, 0.1) is 4.90 Å². The molecule has 2 aromatic carbocycles. The van der Waals surface area contributed by atoms with E-state index in [1.807, 2.05) is 18.2 Å². The van der Waals surface area contributed by atoms with Gasteiger partial charge in [-0.2, -0.15) is 0 Å². The molecule has 5 heteroatoms. The van der Waals surface area contributed by atoms with Gasteiger partial charge in [0.25, 0.3) is 10.0 Å². The van der Waals surface area contributed by atoms with Gasteiger partial charge in [-0.15, -0.1) is 0 Å². The number of para-hydroxylation sites is 1. The number of benzene rings is 2. The molecular weight excluding hydrogens is 373 g/mol. The fraction of sp³-hybridized carbons (Fsp3) is 0.143. The molecule has 100 valence electrons. The molecular formula is C14H14INO2S. The van der Waals surface area contributed by atoms with Crippen molar-refractivity contribution in [2.75, 3.05) is 4.72 Å². The van der Waals surface area contributed by atoms with Crippen LogP contribution in [0.4, 0.5) is 5.69 Å². The van der Waals surface area contributed by atoms with E-state index < -0.39 is 10.0 Å². The van der Waals surface area contributed by atoms with E-state index in [-0.39, 0.29) is 0 Å². The van der Waals surface area contributed by atoms with Crippen molar-refractivity contribution in [1.82, 2.24) is 0 Å². The first-order valence-corrected chi connectivity index (χ1v) is 8.77. The minimum absolute atomic E-state index is 0.338. The molecule has 2 aromatic rings. The maximum Gasteiger partial charge on any atom is 0.262 e. The Morgan fingerprint density at radius 1 is 1.11 bits per heavy atom. The van der Waals surface area contributed by atoms with Gasteiger partial charge < -0.3 is 0 Å². The van der Waals surface area contributed by atoms with E-state index in [9.17, 15) is 8.42 Å².